The van der Waals surface area contributed by atoms with Crippen molar-refractivity contribution in [1.82, 2.24) is 19.3 Å². The van der Waals surface area contributed by atoms with Gasteiger partial charge in [-0.05, 0) is 19.3 Å². The predicted octanol–water partition coefficient (Wildman–Crippen LogP) is 4.11. The summed E-state index contributed by atoms with van der Waals surface area (Å²) in [5.41, 5.74) is 3.28. The molecule has 4 nitrogen and oxygen atoms in total. The summed E-state index contributed by atoms with van der Waals surface area (Å²) in [5.74, 6) is 2.35. The Kier molecular flexibility index (Phi) is 5.31. The van der Waals surface area contributed by atoms with Gasteiger partial charge in [0, 0.05) is 25.4 Å². The molecule has 2 heterocycles. The van der Waals surface area contributed by atoms with Gasteiger partial charge in [0.1, 0.15) is 11.3 Å². The Hall–Kier alpha value is -1.03. The normalized spacial score (nSPS) is 13.5. The van der Waals surface area contributed by atoms with Crippen LogP contribution in [0.4, 0.5) is 0 Å². The van der Waals surface area contributed by atoms with Crippen molar-refractivity contribution < 1.29 is 0 Å². The van der Waals surface area contributed by atoms with E-state index in [-0.39, 0.29) is 0 Å². The van der Waals surface area contributed by atoms with Crippen molar-refractivity contribution in [2.75, 3.05) is 5.88 Å². The minimum Gasteiger partial charge on any atom is -0.310 e. The van der Waals surface area contributed by atoms with Crippen LogP contribution in [0, 0.1) is 5.92 Å². The van der Waals surface area contributed by atoms with Gasteiger partial charge in [-0.1, -0.05) is 33.6 Å². The first-order valence-corrected chi connectivity index (χ1v) is 8.60. The number of aryl methyl sites for hydroxylation is 3. The first-order chi connectivity index (χ1) is 10.1. The Balaban J connectivity index is 2.62. The number of halogens is 1. The molecule has 0 amide bonds. The fourth-order valence-corrected chi connectivity index (χ4v) is 3.53. The Labute approximate surface area is 132 Å². The fourth-order valence-electron chi connectivity index (χ4n) is 3.36. The summed E-state index contributed by atoms with van der Waals surface area (Å²) >= 11 is 5.99. The van der Waals surface area contributed by atoms with Crippen LogP contribution in [-0.2, 0) is 19.9 Å². The number of rotatable bonds is 7. The Morgan fingerprint density at radius 1 is 1.19 bits per heavy atom. The summed E-state index contributed by atoms with van der Waals surface area (Å²) in [6, 6.07) is 0.420. The summed E-state index contributed by atoms with van der Waals surface area (Å²) in [5, 5.41) is 4.62. The molecule has 0 bridgehead atoms. The summed E-state index contributed by atoms with van der Waals surface area (Å²) in [7, 11) is 2.02. The number of hydrogen-bond donors (Lipinski definition) is 0. The molecule has 2 aromatic heterocycles. The van der Waals surface area contributed by atoms with Crippen molar-refractivity contribution in [1.29, 1.82) is 0 Å². The van der Waals surface area contributed by atoms with Crippen LogP contribution in [0.2, 0.25) is 0 Å². The van der Waals surface area contributed by atoms with Crippen LogP contribution >= 0.6 is 11.6 Å². The third-order valence-electron chi connectivity index (χ3n) is 4.60. The average molecular weight is 311 g/mol. The van der Waals surface area contributed by atoms with Gasteiger partial charge in [0.25, 0.3) is 0 Å². The molecule has 0 aliphatic heterocycles. The van der Waals surface area contributed by atoms with E-state index < -0.39 is 0 Å². The molecule has 118 valence electrons. The van der Waals surface area contributed by atoms with Gasteiger partial charge in [-0.3, -0.25) is 4.68 Å². The molecule has 0 saturated carbocycles. The van der Waals surface area contributed by atoms with Crippen LogP contribution in [0.5, 0.6) is 0 Å². The SMILES string of the molecule is CCc1nn(C)c2c1nc(CCCl)n2C(C)C(CC)CC. The fraction of sp³-hybridized carbons (Fsp3) is 0.750. The van der Waals surface area contributed by atoms with Gasteiger partial charge < -0.3 is 4.57 Å². The topological polar surface area (TPSA) is 35.6 Å². The van der Waals surface area contributed by atoms with E-state index in [1.165, 1.54) is 12.8 Å². The van der Waals surface area contributed by atoms with Gasteiger partial charge >= 0.3 is 0 Å². The highest BCUT2D eigenvalue weighted by atomic mass is 35.5. The minimum atomic E-state index is 0.420. The lowest BCUT2D eigenvalue weighted by molar-refractivity contribution is 0.330. The summed E-state index contributed by atoms with van der Waals surface area (Å²) < 4.78 is 4.36. The first-order valence-electron chi connectivity index (χ1n) is 8.07. The van der Waals surface area contributed by atoms with Crippen molar-refractivity contribution in [3.8, 4) is 0 Å². The summed E-state index contributed by atoms with van der Waals surface area (Å²) in [6.07, 6.45) is 4.07. The van der Waals surface area contributed by atoms with Crippen LogP contribution in [-0.4, -0.2) is 25.2 Å². The molecule has 0 N–H and O–H groups in total. The average Bonchev–Trinajstić information content (AvgIpc) is 2.98. The van der Waals surface area contributed by atoms with Gasteiger partial charge in [0.15, 0.2) is 5.65 Å². The van der Waals surface area contributed by atoms with Crippen molar-refractivity contribution >= 4 is 22.8 Å². The molecule has 1 unspecified atom stereocenters. The molecule has 0 saturated heterocycles. The van der Waals surface area contributed by atoms with Gasteiger partial charge in [0.2, 0.25) is 0 Å². The van der Waals surface area contributed by atoms with E-state index in [9.17, 15) is 0 Å². The van der Waals surface area contributed by atoms with Crippen LogP contribution in [0.25, 0.3) is 11.2 Å². The number of alkyl halides is 1. The lowest BCUT2D eigenvalue weighted by Gasteiger charge is -2.25. The third kappa shape index (κ3) is 2.83. The standard InChI is InChI=1S/C16H27ClN4/c1-6-12(7-2)11(4)21-14(9-10-17)18-15-13(8-3)19-20(5)16(15)21/h11-12H,6-10H2,1-5H3. The highest BCUT2D eigenvalue weighted by Gasteiger charge is 2.24. The number of nitrogens with zero attached hydrogens (tertiary/aromatic N) is 4. The third-order valence-corrected chi connectivity index (χ3v) is 4.79. The van der Waals surface area contributed by atoms with Gasteiger partial charge in [-0.15, -0.1) is 11.6 Å². The maximum atomic E-state index is 5.99. The molecule has 2 rings (SSSR count). The molecule has 0 spiro atoms. The zero-order valence-electron chi connectivity index (χ0n) is 13.9. The van der Waals surface area contributed by atoms with Crippen molar-refractivity contribution in [3.63, 3.8) is 0 Å². The number of imidazole rings is 1. The van der Waals surface area contributed by atoms with E-state index in [2.05, 4.69) is 37.4 Å². The van der Waals surface area contributed by atoms with Crippen molar-refractivity contribution in [3.05, 3.63) is 11.5 Å². The quantitative estimate of drug-likeness (QED) is 0.721. The van der Waals surface area contributed by atoms with E-state index in [1.807, 2.05) is 11.7 Å². The lowest BCUT2D eigenvalue weighted by Crippen LogP contribution is -2.19. The molecule has 0 fully saturated rings. The Morgan fingerprint density at radius 2 is 1.86 bits per heavy atom. The molecule has 0 aliphatic rings. The van der Waals surface area contributed by atoms with Gasteiger partial charge in [-0.25, -0.2) is 4.98 Å². The molecule has 5 heteroatoms. The van der Waals surface area contributed by atoms with Gasteiger partial charge in [0.05, 0.1) is 5.69 Å². The molecule has 21 heavy (non-hydrogen) atoms. The molecule has 0 aliphatic carbocycles. The smallest absolute Gasteiger partial charge is 0.158 e. The van der Waals surface area contributed by atoms with Crippen LogP contribution < -0.4 is 0 Å². The van der Waals surface area contributed by atoms with Crippen LogP contribution in [0.15, 0.2) is 0 Å². The maximum Gasteiger partial charge on any atom is 0.158 e. The molecular formula is C16H27ClN4. The Bertz CT molecular complexity index is 595. The highest BCUT2D eigenvalue weighted by Crippen LogP contribution is 2.31. The number of fused-ring (bicyclic) bond motifs is 1. The Morgan fingerprint density at radius 3 is 2.38 bits per heavy atom. The minimum absolute atomic E-state index is 0.420. The number of aromatic nitrogens is 4. The molecular weight excluding hydrogens is 284 g/mol. The molecule has 2 aromatic rings. The second-order valence-corrected chi connectivity index (χ2v) is 6.13. The zero-order chi connectivity index (χ0) is 15.6. The molecule has 0 radical (unpaired) electrons. The predicted molar refractivity (Wildman–Crippen MR) is 89.1 cm³/mol. The van der Waals surface area contributed by atoms with E-state index in [4.69, 9.17) is 16.6 Å². The second kappa shape index (κ2) is 6.82. The monoisotopic (exact) mass is 310 g/mol. The molecule has 1 atom stereocenters. The van der Waals surface area contributed by atoms with E-state index in [0.29, 0.717) is 17.8 Å². The number of hydrogen-bond acceptors (Lipinski definition) is 2. The van der Waals surface area contributed by atoms with E-state index in [0.717, 1.165) is 35.5 Å². The lowest BCUT2D eigenvalue weighted by atomic mass is 9.95. The van der Waals surface area contributed by atoms with E-state index >= 15 is 0 Å². The molecule has 0 aromatic carbocycles. The second-order valence-electron chi connectivity index (χ2n) is 5.75. The van der Waals surface area contributed by atoms with Crippen molar-refractivity contribution in [2.24, 2.45) is 13.0 Å². The first kappa shape index (κ1) is 16.3. The van der Waals surface area contributed by atoms with Gasteiger partial charge in [-0.2, -0.15) is 5.10 Å². The van der Waals surface area contributed by atoms with Crippen LogP contribution in [0.1, 0.15) is 58.1 Å². The summed E-state index contributed by atoms with van der Waals surface area (Å²) in [6.45, 7) is 8.96. The maximum absolute atomic E-state index is 5.99. The summed E-state index contributed by atoms with van der Waals surface area (Å²) in [4.78, 5) is 4.86. The van der Waals surface area contributed by atoms with E-state index in [1.54, 1.807) is 0 Å². The largest absolute Gasteiger partial charge is 0.310 e. The van der Waals surface area contributed by atoms with Crippen LogP contribution in [0.3, 0.4) is 0 Å². The van der Waals surface area contributed by atoms with Crippen molar-refractivity contribution in [2.45, 2.75) is 59.4 Å². The zero-order valence-corrected chi connectivity index (χ0v) is 14.6. The highest BCUT2D eigenvalue weighted by molar-refractivity contribution is 6.17.